The molecule has 7 nitrogen and oxygen atoms in total. The number of para-hydroxylation sites is 2. The standard InChI is InChI=1S/C34H34N4O3/c1-39-30-11-7-5-9-28(30)34-36-29-10-6-4-8-27(29)33(37-34)35-26-14-12-23(13-15-26)16-18-38-19-17-24-20-31(40-2)32(41-3)21-25(24)22-38/h4-15,20-21H,16-19,22H2,1-3H3,(H,35,36,37). The zero-order valence-corrected chi connectivity index (χ0v) is 23.7. The van der Waals surface area contributed by atoms with Crippen molar-refractivity contribution >= 4 is 22.4 Å². The first-order chi connectivity index (χ1) is 20.1. The molecule has 7 heteroatoms. The molecule has 5 aromatic rings. The number of methoxy groups -OCH3 is 3. The third kappa shape index (κ3) is 5.67. The predicted molar refractivity (Wildman–Crippen MR) is 163 cm³/mol. The minimum Gasteiger partial charge on any atom is -0.496 e. The van der Waals surface area contributed by atoms with Crippen molar-refractivity contribution < 1.29 is 14.2 Å². The molecule has 1 aliphatic heterocycles. The quantitative estimate of drug-likeness (QED) is 0.222. The van der Waals surface area contributed by atoms with Crippen LogP contribution in [0.2, 0.25) is 0 Å². The highest BCUT2D eigenvalue weighted by molar-refractivity contribution is 5.92. The fourth-order valence-corrected chi connectivity index (χ4v) is 5.43. The molecular formula is C34H34N4O3. The van der Waals surface area contributed by atoms with Gasteiger partial charge >= 0.3 is 0 Å². The van der Waals surface area contributed by atoms with Crippen LogP contribution in [0.3, 0.4) is 0 Å². The summed E-state index contributed by atoms with van der Waals surface area (Å²) in [7, 11) is 5.05. The van der Waals surface area contributed by atoms with Crippen LogP contribution in [0.5, 0.6) is 17.2 Å². The van der Waals surface area contributed by atoms with Gasteiger partial charge in [0.15, 0.2) is 17.3 Å². The summed E-state index contributed by atoms with van der Waals surface area (Å²) in [5, 5.41) is 4.50. The van der Waals surface area contributed by atoms with E-state index in [1.807, 2.05) is 48.5 Å². The van der Waals surface area contributed by atoms with E-state index in [9.17, 15) is 0 Å². The highest BCUT2D eigenvalue weighted by Crippen LogP contribution is 2.34. The topological polar surface area (TPSA) is 68.7 Å². The van der Waals surface area contributed by atoms with Crippen LogP contribution in [-0.2, 0) is 19.4 Å². The number of nitrogens with zero attached hydrogens (tertiary/aromatic N) is 3. The van der Waals surface area contributed by atoms with Crippen molar-refractivity contribution in [1.29, 1.82) is 0 Å². The molecule has 4 aromatic carbocycles. The van der Waals surface area contributed by atoms with Gasteiger partial charge in [-0.1, -0.05) is 36.4 Å². The number of fused-ring (bicyclic) bond motifs is 2. The monoisotopic (exact) mass is 546 g/mol. The van der Waals surface area contributed by atoms with Crippen LogP contribution in [0.4, 0.5) is 11.5 Å². The second kappa shape index (κ2) is 11.9. The Morgan fingerprint density at radius 2 is 1.46 bits per heavy atom. The smallest absolute Gasteiger partial charge is 0.165 e. The van der Waals surface area contributed by atoms with Crippen LogP contribution < -0.4 is 19.5 Å². The lowest BCUT2D eigenvalue weighted by Crippen LogP contribution is -2.32. The van der Waals surface area contributed by atoms with Crippen molar-refractivity contribution in [3.05, 3.63) is 102 Å². The third-order valence-corrected chi connectivity index (χ3v) is 7.68. The molecular weight excluding hydrogens is 512 g/mol. The molecule has 1 aromatic heterocycles. The normalized spacial score (nSPS) is 13.0. The van der Waals surface area contributed by atoms with E-state index in [1.165, 1.54) is 16.7 Å². The Hall–Kier alpha value is -4.62. The lowest BCUT2D eigenvalue weighted by Gasteiger charge is -2.29. The van der Waals surface area contributed by atoms with Crippen LogP contribution >= 0.6 is 0 Å². The lowest BCUT2D eigenvalue weighted by atomic mass is 9.98. The first kappa shape index (κ1) is 26.6. The maximum absolute atomic E-state index is 5.57. The lowest BCUT2D eigenvalue weighted by molar-refractivity contribution is 0.255. The van der Waals surface area contributed by atoms with E-state index in [0.29, 0.717) is 5.82 Å². The number of hydrogen-bond acceptors (Lipinski definition) is 7. The van der Waals surface area contributed by atoms with E-state index < -0.39 is 0 Å². The molecule has 0 fully saturated rings. The van der Waals surface area contributed by atoms with Crippen molar-refractivity contribution in [1.82, 2.24) is 14.9 Å². The highest BCUT2D eigenvalue weighted by atomic mass is 16.5. The number of anilines is 2. The number of rotatable bonds is 9. The Morgan fingerprint density at radius 3 is 2.24 bits per heavy atom. The number of nitrogens with one attached hydrogen (secondary N) is 1. The van der Waals surface area contributed by atoms with Gasteiger partial charge in [-0.2, -0.15) is 0 Å². The van der Waals surface area contributed by atoms with Gasteiger partial charge in [-0.05, 0) is 78.1 Å². The maximum Gasteiger partial charge on any atom is 0.165 e. The second-order valence-corrected chi connectivity index (χ2v) is 10.2. The largest absolute Gasteiger partial charge is 0.496 e. The number of aromatic nitrogens is 2. The summed E-state index contributed by atoms with van der Waals surface area (Å²) in [5.74, 6) is 3.74. The van der Waals surface area contributed by atoms with Crippen LogP contribution in [0.15, 0.2) is 84.9 Å². The molecule has 6 rings (SSSR count). The molecule has 1 N–H and O–H groups in total. The average molecular weight is 547 g/mol. The molecule has 0 atom stereocenters. The van der Waals surface area contributed by atoms with E-state index >= 15 is 0 Å². The Bertz CT molecular complexity index is 1670. The van der Waals surface area contributed by atoms with E-state index in [1.54, 1.807) is 21.3 Å². The van der Waals surface area contributed by atoms with Gasteiger partial charge in [0.1, 0.15) is 11.6 Å². The summed E-state index contributed by atoms with van der Waals surface area (Å²) in [6, 6.07) is 28.8. The molecule has 1 aliphatic rings. The summed E-state index contributed by atoms with van der Waals surface area (Å²) in [6.07, 6.45) is 2.00. The van der Waals surface area contributed by atoms with Gasteiger partial charge in [0, 0.05) is 30.7 Å². The van der Waals surface area contributed by atoms with Crippen molar-refractivity contribution in [3.63, 3.8) is 0 Å². The fourth-order valence-electron chi connectivity index (χ4n) is 5.43. The summed E-state index contributed by atoms with van der Waals surface area (Å²) in [4.78, 5) is 12.2. The van der Waals surface area contributed by atoms with Crippen molar-refractivity contribution in [3.8, 4) is 28.6 Å². The zero-order chi connectivity index (χ0) is 28.2. The SMILES string of the molecule is COc1cc2c(cc1OC)CN(CCc1ccc(Nc3nc(-c4ccccc4OC)nc4ccccc34)cc1)CC2. The summed E-state index contributed by atoms with van der Waals surface area (Å²) >= 11 is 0. The summed E-state index contributed by atoms with van der Waals surface area (Å²) in [5.41, 5.74) is 6.68. The third-order valence-electron chi connectivity index (χ3n) is 7.68. The van der Waals surface area contributed by atoms with Crippen LogP contribution in [0, 0.1) is 0 Å². The minimum absolute atomic E-state index is 0.624. The molecule has 0 aliphatic carbocycles. The van der Waals surface area contributed by atoms with Gasteiger partial charge in [0.2, 0.25) is 0 Å². The van der Waals surface area contributed by atoms with E-state index in [2.05, 4.69) is 46.6 Å². The predicted octanol–water partition coefficient (Wildman–Crippen LogP) is 6.67. The Kier molecular flexibility index (Phi) is 7.69. The van der Waals surface area contributed by atoms with Crippen molar-refractivity contribution in [2.75, 3.05) is 39.7 Å². The average Bonchev–Trinajstić information content (AvgIpc) is 3.03. The van der Waals surface area contributed by atoms with Crippen molar-refractivity contribution in [2.24, 2.45) is 0 Å². The Morgan fingerprint density at radius 1 is 0.756 bits per heavy atom. The van der Waals surface area contributed by atoms with Crippen LogP contribution in [-0.4, -0.2) is 49.3 Å². The molecule has 2 heterocycles. The van der Waals surface area contributed by atoms with Gasteiger partial charge < -0.3 is 19.5 Å². The number of ether oxygens (including phenoxy) is 3. The first-order valence-corrected chi connectivity index (χ1v) is 13.9. The van der Waals surface area contributed by atoms with Crippen LogP contribution in [0.1, 0.15) is 16.7 Å². The Balaban J connectivity index is 1.16. The minimum atomic E-state index is 0.624. The molecule has 0 spiro atoms. The number of benzene rings is 4. The van der Waals surface area contributed by atoms with E-state index in [-0.39, 0.29) is 0 Å². The van der Waals surface area contributed by atoms with Crippen LogP contribution in [0.25, 0.3) is 22.3 Å². The molecule has 0 bridgehead atoms. The molecule has 208 valence electrons. The van der Waals surface area contributed by atoms with E-state index in [4.69, 9.17) is 24.2 Å². The first-order valence-electron chi connectivity index (χ1n) is 13.9. The molecule has 0 unspecified atom stereocenters. The molecule has 41 heavy (non-hydrogen) atoms. The van der Waals surface area contributed by atoms with E-state index in [0.717, 1.165) is 77.7 Å². The molecule has 0 amide bonds. The molecule has 0 saturated heterocycles. The maximum atomic E-state index is 5.57. The van der Waals surface area contributed by atoms with Gasteiger partial charge in [-0.15, -0.1) is 0 Å². The van der Waals surface area contributed by atoms with Gasteiger partial charge in [-0.25, -0.2) is 9.97 Å². The zero-order valence-electron chi connectivity index (χ0n) is 23.7. The summed E-state index contributed by atoms with van der Waals surface area (Å²) in [6.45, 7) is 2.96. The van der Waals surface area contributed by atoms with Gasteiger partial charge in [0.05, 0.1) is 32.4 Å². The van der Waals surface area contributed by atoms with Gasteiger partial charge in [0.25, 0.3) is 0 Å². The molecule has 0 radical (unpaired) electrons. The Labute approximate surface area is 240 Å². The number of hydrogen-bond donors (Lipinski definition) is 1. The molecule has 0 saturated carbocycles. The fraction of sp³-hybridized carbons (Fsp3) is 0.235. The van der Waals surface area contributed by atoms with Gasteiger partial charge in [-0.3, -0.25) is 4.90 Å². The second-order valence-electron chi connectivity index (χ2n) is 10.2. The highest BCUT2D eigenvalue weighted by Gasteiger charge is 2.19. The van der Waals surface area contributed by atoms with Crippen molar-refractivity contribution in [2.45, 2.75) is 19.4 Å². The summed E-state index contributed by atoms with van der Waals surface area (Å²) < 4.78 is 16.6.